The third-order valence-corrected chi connectivity index (χ3v) is 4.69. The molecule has 0 amide bonds. The zero-order valence-electron chi connectivity index (χ0n) is 8.61. The zero-order chi connectivity index (χ0) is 9.23. The third kappa shape index (κ3) is 2.52. The number of halogens is 1. The lowest BCUT2D eigenvalue weighted by Crippen LogP contribution is -2.30. The molecule has 0 atom stereocenters. The van der Waals surface area contributed by atoms with Crippen molar-refractivity contribution in [2.75, 3.05) is 42.3 Å². The first-order chi connectivity index (χ1) is 4.83. The van der Waals surface area contributed by atoms with Crippen molar-refractivity contribution in [1.82, 2.24) is 14.0 Å². The normalized spacial score (nSPS) is 12.4. The number of nitrogens with zero attached hydrogens (tertiary/aromatic N) is 3. The fraction of sp³-hybridized carbons (Fsp3) is 1.00. The molecule has 0 saturated carbocycles. The lowest BCUT2D eigenvalue weighted by molar-refractivity contribution is 0.383. The van der Waals surface area contributed by atoms with Gasteiger partial charge in [-0.1, -0.05) is 0 Å². The van der Waals surface area contributed by atoms with Crippen molar-refractivity contribution in [2.45, 2.75) is 0 Å². The predicted octanol–water partition coefficient (Wildman–Crippen LogP) is 0.932. The number of hydrogen-bond donors (Lipinski definition) is 0. The summed E-state index contributed by atoms with van der Waals surface area (Å²) >= 11 is 0. The van der Waals surface area contributed by atoms with E-state index in [9.17, 15) is 4.57 Å². The summed E-state index contributed by atoms with van der Waals surface area (Å²) in [5, 5.41) is 0. The van der Waals surface area contributed by atoms with Crippen LogP contribution in [-0.2, 0) is 4.57 Å². The van der Waals surface area contributed by atoms with E-state index in [0.717, 1.165) is 0 Å². The van der Waals surface area contributed by atoms with E-state index in [0.29, 0.717) is 0 Å². The number of hydrogen-bond acceptors (Lipinski definition) is 1. The van der Waals surface area contributed by atoms with Crippen LogP contribution in [0.25, 0.3) is 0 Å². The lowest BCUT2D eigenvalue weighted by Gasteiger charge is -2.34. The summed E-state index contributed by atoms with van der Waals surface area (Å²) in [6.45, 7) is 0. The Labute approximate surface area is 74.0 Å². The van der Waals surface area contributed by atoms with Gasteiger partial charge in [0.2, 0.25) is 0 Å². The van der Waals surface area contributed by atoms with Gasteiger partial charge in [-0.05, 0) is 42.3 Å². The van der Waals surface area contributed by atoms with Crippen LogP contribution in [0.2, 0.25) is 0 Å². The van der Waals surface area contributed by atoms with Gasteiger partial charge in [0.15, 0.2) is 0 Å². The average Bonchev–Trinajstić information content (AvgIpc) is 1.84. The quantitative estimate of drug-likeness (QED) is 0.632. The van der Waals surface area contributed by atoms with Crippen molar-refractivity contribution >= 4 is 7.59 Å². The molecular formula is C6H19FN3OP. The minimum Gasteiger partial charge on any atom is -0.270 e. The summed E-state index contributed by atoms with van der Waals surface area (Å²) in [6, 6.07) is 0. The van der Waals surface area contributed by atoms with Crippen LogP contribution in [0.3, 0.4) is 0 Å². The Hall–Kier alpha value is 0.0400. The van der Waals surface area contributed by atoms with Crippen LogP contribution < -0.4 is 0 Å². The first-order valence-electron chi connectivity index (χ1n) is 3.47. The van der Waals surface area contributed by atoms with E-state index in [1.807, 2.05) is 42.3 Å². The molecule has 0 aliphatic rings. The van der Waals surface area contributed by atoms with Crippen LogP contribution in [-0.4, -0.2) is 56.3 Å². The van der Waals surface area contributed by atoms with Gasteiger partial charge in [-0.15, -0.1) is 0 Å². The molecule has 0 spiro atoms. The standard InChI is InChI=1S/C6H18N3OP.FH/c1-7(2)11(10,8(3)4)9(5)6;/h1-6H3;1H. The molecule has 76 valence electrons. The monoisotopic (exact) mass is 199 g/mol. The molecule has 12 heavy (non-hydrogen) atoms. The summed E-state index contributed by atoms with van der Waals surface area (Å²) < 4.78 is 17.3. The van der Waals surface area contributed by atoms with Gasteiger partial charge in [-0.2, -0.15) is 0 Å². The van der Waals surface area contributed by atoms with E-state index in [1.54, 1.807) is 14.0 Å². The van der Waals surface area contributed by atoms with E-state index >= 15 is 0 Å². The molecule has 0 saturated heterocycles. The van der Waals surface area contributed by atoms with Gasteiger partial charge in [-0.25, -0.2) is 14.0 Å². The van der Waals surface area contributed by atoms with Gasteiger partial charge >= 0.3 is 0 Å². The van der Waals surface area contributed by atoms with Crippen molar-refractivity contribution in [3.05, 3.63) is 0 Å². The molecule has 0 aliphatic heterocycles. The van der Waals surface area contributed by atoms with E-state index in [2.05, 4.69) is 0 Å². The van der Waals surface area contributed by atoms with Crippen LogP contribution in [0.5, 0.6) is 0 Å². The van der Waals surface area contributed by atoms with Gasteiger partial charge in [0, 0.05) is 0 Å². The molecule has 0 heterocycles. The summed E-state index contributed by atoms with van der Waals surface area (Å²) in [5.74, 6) is 0. The minimum atomic E-state index is -2.44. The largest absolute Gasteiger partial charge is 0.285 e. The predicted molar refractivity (Wildman–Crippen MR) is 51.2 cm³/mol. The van der Waals surface area contributed by atoms with Crippen LogP contribution in [0.15, 0.2) is 0 Å². The Morgan fingerprint density at radius 1 is 0.750 bits per heavy atom. The first-order valence-corrected chi connectivity index (χ1v) is 5.03. The maximum Gasteiger partial charge on any atom is 0.285 e. The highest BCUT2D eigenvalue weighted by Gasteiger charge is 2.30. The van der Waals surface area contributed by atoms with Gasteiger partial charge in [-0.3, -0.25) is 9.27 Å². The van der Waals surface area contributed by atoms with Crippen LogP contribution in [0.4, 0.5) is 4.70 Å². The SMILES string of the molecule is CN(C)P(=O)(N(C)C)N(C)C.F. The summed E-state index contributed by atoms with van der Waals surface area (Å²) in [5.41, 5.74) is 0. The Balaban J connectivity index is 0. The molecular weight excluding hydrogens is 180 g/mol. The first kappa shape index (κ1) is 14.6. The van der Waals surface area contributed by atoms with Gasteiger partial charge in [0.1, 0.15) is 0 Å². The Morgan fingerprint density at radius 2 is 0.917 bits per heavy atom. The van der Waals surface area contributed by atoms with E-state index in [4.69, 9.17) is 0 Å². The smallest absolute Gasteiger partial charge is 0.270 e. The molecule has 0 aromatic heterocycles. The summed E-state index contributed by atoms with van der Waals surface area (Å²) in [4.78, 5) is 0. The highest BCUT2D eigenvalue weighted by atomic mass is 31.2. The van der Waals surface area contributed by atoms with Crippen molar-refractivity contribution < 1.29 is 9.27 Å². The molecule has 0 bridgehead atoms. The fourth-order valence-electron chi connectivity index (χ4n) is 1.07. The summed E-state index contributed by atoms with van der Waals surface area (Å²) in [7, 11) is 8.49. The fourth-order valence-corrected chi connectivity index (χ4v) is 3.22. The molecule has 0 rings (SSSR count). The number of rotatable bonds is 3. The Morgan fingerprint density at radius 3 is 0.917 bits per heavy atom. The molecule has 0 aromatic carbocycles. The van der Waals surface area contributed by atoms with E-state index in [1.165, 1.54) is 0 Å². The molecule has 0 N–H and O–H groups in total. The van der Waals surface area contributed by atoms with Crippen molar-refractivity contribution in [1.29, 1.82) is 0 Å². The van der Waals surface area contributed by atoms with E-state index < -0.39 is 7.59 Å². The third-order valence-electron chi connectivity index (χ3n) is 1.56. The molecule has 0 aliphatic carbocycles. The minimum absolute atomic E-state index is 0. The zero-order valence-corrected chi connectivity index (χ0v) is 9.50. The molecule has 6 heteroatoms. The van der Waals surface area contributed by atoms with Crippen molar-refractivity contribution in [3.8, 4) is 0 Å². The van der Waals surface area contributed by atoms with E-state index in [-0.39, 0.29) is 4.70 Å². The second-order valence-corrected chi connectivity index (χ2v) is 6.48. The van der Waals surface area contributed by atoms with Crippen molar-refractivity contribution in [3.63, 3.8) is 0 Å². The maximum absolute atomic E-state index is 12.1. The topological polar surface area (TPSA) is 26.8 Å². The maximum atomic E-state index is 12.1. The molecule has 0 unspecified atom stereocenters. The summed E-state index contributed by atoms with van der Waals surface area (Å²) in [6.07, 6.45) is 0. The van der Waals surface area contributed by atoms with Crippen LogP contribution >= 0.6 is 7.59 Å². The van der Waals surface area contributed by atoms with Crippen LogP contribution in [0, 0.1) is 0 Å². The molecule has 0 aromatic rings. The average molecular weight is 199 g/mol. The van der Waals surface area contributed by atoms with Gasteiger partial charge in [0.05, 0.1) is 0 Å². The van der Waals surface area contributed by atoms with Gasteiger partial charge in [0.25, 0.3) is 7.59 Å². The second-order valence-electron chi connectivity index (χ2n) is 3.05. The highest BCUT2D eigenvalue weighted by molar-refractivity contribution is 7.56. The lowest BCUT2D eigenvalue weighted by atomic mass is 11.2. The second kappa shape index (κ2) is 4.92. The molecule has 4 nitrogen and oxygen atoms in total. The molecule has 0 radical (unpaired) electrons. The van der Waals surface area contributed by atoms with Crippen LogP contribution in [0.1, 0.15) is 0 Å². The molecule has 0 fully saturated rings. The highest BCUT2D eigenvalue weighted by Crippen LogP contribution is 2.50. The Kier molecular flexibility index (Phi) is 5.97. The Bertz CT molecular complexity index is 144. The van der Waals surface area contributed by atoms with Gasteiger partial charge < -0.3 is 0 Å². The van der Waals surface area contributed by atoms with Crippen molar-refractivity contribution in [2.24, 2.45) is 0 Å².